The standard InChI is InChI=1S/C17H16Cl2N2O7S2/c18-13-2-1-3-15(16(13)19)30(27,28)21-8-6-20(7-9-21)29(25,26)11-4-5-14(22)12(10-11)17(23)24/h1-5,10,22H,6-9H2,(H,23,24). The highest BCUT2D eigenvalue weighted by atomic mass is 35.5. The van der Waals surface area contributed by atoms with Gasteiger partial charge >= 0.3 is 5.97 Å². The van der Waals surface area contributed by atoms with Crippen LogP contribution in [0.15, 0.2) is 46.2 Å². The number of hydrogen-bond donors (Lipinski definition) is 2. The predicted molar refractivity (Wildman–Crippen MR) is 109 cm³/mol. The zero-order valence-corrected chi connectivity index (χ0v) is 18.3. The number of halogens is 2. The number of sulfonamides is 2. The van der Waals surface area contributed by atoms with Gasteiger partial charge in [0.25, 0.3) is 0 Å². The summed E-state index contributed by atoms with van der Waals surface area (Å²) in [5.41, 5.74) is -0.548. The van der Waals surface area contributed by atoms with Gasteiger partial charge in [0, 0.05) is 26.2 Å². The van der Waals surface area contributed by atoms with Crippen LogP contribution < -0.4 is 0 Å². The highest BCUT2D eigenvalue weighted by Crippen LogP contribution is 2.32. The van der Waals surface area contributed by atoms with Crippen molar-refractivity contribution in [3.05, 3.63) is 52.0 Å². The van der Waals surface area contributed by atoms with E-state index in [9.17, 15) is 26.7 Å². The summed E-state index contributed by atoms with van der Waals surface area (Å²) in [5.74, 6) is -2.03. The number of carbonyl (C=O) groups is 1. The lowest BCUT2D eigenvalue weighted by molar-refractivity contribution is 0.0693. The molecule has 2 N–H and O–H groups in total. The third-order valence-corrected chi connectivity index (χ3v) is 9.33. The zero-order valence-electron chi connectivity index (χ0n) is 15.2. The minimum Gasteiger partial charge on any atom is -0.507 e. The van der Waals surface area contributed by atoms with Gasteiger partial charge in [0.05, 0.1) is 14.9 Å². The predicted octanol–water partition coefficient (Wildman–Crippen LogP) is 2.09. The second-order valence-corrected chi connectivity index (χ2v) is 11.0. The van der Waals surface area contributed by atoms with Crippen molar-refractivity contribution in [1.29, 1.82) is 0 Å². The van der Waals surface area contributed by atoms with Crippen LogP contribution in [0.5, 0.6) is 5.75 Å². The van der Waals surface area contributed by atoms with Crippen LogP contribution in [0.25, 0.3) is 0 Å². The van der Waals surface area contributed by atoms with Gasteiger partial charge in [-0.15, -0.1) is 0 Å². The monoisotopic (exact) mass is 494 g/mol. The second kappa shape index (κ2) is 8.33. The lowest BCUT2D eigenvalue weighted by Crippen LogP contribution is -2.50. The number of piperazine rings is 1. The van der Waals surface area contributed by atoms with E-state index >= 15 is 0 Å². The van der Waals surface area contributed by atoms with Crippen LogP contribution in [0.1, 0.15) is 10.4 Å². The third kappa shape index (κ3) is 4.13. The summed E-state index contributed by atoms with van der Waals surface area (Å²) in [6.07, 6.45) is 0. The summed E-state index contributed by atoms with van der Waals surface area (Å²) >= 11 is 11.9. The Morgan fingerprint density at radius 2 is 1.47 bits per heavy atom. The number of hydrogen-bond acceptors (Lipinski definition) is 6. The van der Waals surface area contributed by atoms with E-state index in [0.717, 1.165) is 26.8 Å². The summed E-state index contributed by atoms with van der Waals surface area (Å²) in [6, 6.07) is 7.16. The highest BCUT2D eigenvalue weighted by molar-refractivity contribution is 7.89. The first-order chi connectivity index (χ1) is 14.0. The smallest absolute Gasteiger partial charge is 0.339 e. The average molecular weight is 495 g/mol. The van der Waals surface area contributed by atoms with Crippen molar-refractivity contribution < 1.29 is 31.8 Å². The van der Waals surface area contributed by atoms with Crippen LogP contribution in [-0.4, -0.2) is 67.8 Å². The lowest BCUT2D eigenvalue weighted by atomic mass is 10.2. The fourth-order valence-electron chi connectivity index (χ4n) is 2.97. The molecule has 0 aliphatic carbocycles. The third-order valence-electron chi connectivity index (χ3n) is 4.57. The van der Waals surface area contributed by atoms with Gasteiger partial charge in [-0.2, -0.15) is 8.61 Å². The fraction of sp³-hybridized carbons (Fsp3) is 0.235. The Hall–Kier alpha value is -1.89. The van der Waals surface area contributed by atoms with Crippen molar-refractivity contribution in [1.82, 2.24) is 8.61 Å². The fourth-order valence-corrected chi connectivity index (χ4v) is 6.58. The first-order valence-electron chi connectivity index (χ1n) is 8.47. The zero-order chi connectivity index (χ0) is 22.3. The van der Waals surface area contributed by atoms with Gasteiger partial charge < -0.3 is 10.2 Å². The Balaban J connectivity index is 1.82. The topological polar surface area (TPSA) is 132 Å². The summed E-state index contributed by atoms with van der Waals surface area (Å²) in [4.78, 5) is 10.7. The minimum absolute atomic E-state index is 0.0838. The summed E-state index contributed by atoms with van der Waals surface area (Å²) in [7, 11) is -8.08. The van der Waals surface area contributed by atoms with E-state index < -0.39 is 37.3 Å². The van der Waals surface area contributed by atoms with Crippen molar-refractivity contribution in [2.24, 2.45) is 0 Å². The average Bonchev–Trinajstić information content (AvgIpc) is 2.70. The maximum Gasteiger partial charge on any atom is 0.339 e. The summed E-state index contributed by atoms with van der Waals surface area (Å²) in [5, 5.41) is 18.6. The molecule has 162 valence electrons. The van der Waals surface area contributed by atoms with Crippen molar-refractivity contribution in [2.45, 2.75) is 9.79 Å². The first kappa shape index (κ1) is 22.8. The van der Waals surface area contributed by atoms with Crippen molar-refractivity contribution in [3.8, 4) is 5.75 Å². The molecule has 2 aromatic rings. The van der Waals surface area contributed by atoms with E-state index in [2.05, 4.69) is 0 Å². The molecule has 0 saturated carbocycles. The Bertz CT molecular complexity index is 1210. The molecule has 1 saturated heterocycles. The van der Waals surface area contributed by atoms with E-state index in [4.69, 9.17) is 28.3 Å². The van der Waals surface area contributed by atoms with Crippen LogP contribution in [0.4, 0.5) is 0 Å². The van der Waals surface area contributed by atoms with Gasteiger partial charge in [-0.1, -0.05) is 29.3 Å². The van der Waals surface area contributed by atoms with Gasteiger partial charge in [-0.3, -0.25) is 0 Å². The SMILES string of the molecule is O=C(O)c1cc(S(=O)(=O)N2CCN(S(=O)(=O)c3cccc(Cl)c3Cl)CC2)ccc1O. The van der Waals surface area contributed by atoms with Crippen molar-refractivity contribution in [3.63, 3.8) is 0 Å². The van der Waals surface area contributed by atoms with Gasteiger partial charge in [-0.25, -0.2) is 21.6 Å². The first-order valence-corrected chi connectivity index (χ1v) is 12.1. The molecule has 1 heterocycles. The molecule has 1 fully saturated rings. The molecular formula is C17H16Cl2N2O7S2. The quantitative estimate of drug-likeness (QED) is 0.649. The molecular weight excluding hydrogens is 479 g/mol. The van der Waals surface area contributed by atoms with Gasteiger partial charge in [0.2, 0.25) is 20.0 Å². The van der Waals surface area contributed by atoms with Gasteiger partial charge in [0.15, 0.2) is 0 Å². The summed E-state index contributed by atoms with van der Waals surface area (Å²) in [6.45, 7) is -0.561. The number of aromatic carboxylic acids is 1. The van der Waals surface area contributed by atoms with Crippen LogP contribution >= 0.6 is 23.2 Å². The number of carboxylic acids is 1. The Labute approximate surface area is 183 Å². The van der Waals surface area contributed by atoms with Crippen LogP contribution in [0.3, 0.4) is 0 Å². The van der Waals surface area contributed by atoms with Crippen molar-refractivity contribution in [2.75, 3.05) is 26.2 Å². The molecule has 3 rings (SSSR count). The van der Waals surface area contributed by atoms with E-state index in [-0.39, 0.29) is 46.0 Å². The number of nitrogens with zero attached hydrogens (tertiary/aromatic N) is 2. The Kier molecular flexibility index (Phi) is 6.33. The Morgan fingerprint density at radius 1 is 0.900 bits per heavy atom. The molecule has 1 aliphatic rings. The maximum absolute atomic E-state index is 12.9. The molecule has 2 aromatic carbocycles. The molecule has 0 atom stereocenters. The van der Waals surface area contributed by atoms with Crippen LogP contribution in [-0.2, 0) is 20.0 Å². The number of rotatable bonds is 5. The van der Waals surface area contributed by atoms with Crippen LogP contribution in [0.2, 0.25) is 10.0 Å². The number of aromatic hydroxyl groups is 1. The highest BCUT2D eigenvalue weighted by Gasteiger charge is 2.35. The summed E-state index contributed by atoms with van der Waals surface area (Å²) < 4.78 is 53.6. The molecule has 0 unspecified atom stereocenters. The molecule has 1 aliphatic heterocycles. The molecule has 0 radical (unpaired) electrons. The molecule has 9 nitrogen and oxygen atoms in total. The molecule has 0 spiro atoms. The molecule has 30 heavy (non-hydrogen) atoms. The van der Waals surface area contributed by atoms with E-state index in [1.165, 1.54) is 18.2 Å². The van der Waals surface area contributed by atoms with Crippen LogP contribution in [0, 0.1) is 0 Å². The molecule has 13 heteroatoms. The molecule has 0 amide bonds. The Morgan fingerprint density at radius 3 is 2.03 bits per heavy atom. The van der Waals surface area contributed by atoms with Crippen molar-refractivity contribution >= 4 is 49.2 Å². The molecule has 0 bridgehead atoms. The maximum atomic E-state index is 12.9. The minimum atomic E-state index is -4.09. The normalized spacial score (nSPS) is 16.5. The van der Waals surface area contributed by atoms with E-state index in [1.807, 2.05) is 0 Å². The van der Waals surface area contributed by atoms with Gasteiger partial charge in [0.1, 0.15) is 16.2 Å². The number of phenols is 1. The number of benzene rings is 2. The van der Waals surface area contributed by atoms with E-state index in [1.54, 1.807) is 0 Å². The van der Waals surface area contributed by atoms with E-state index in [0.29, 0.717) is 0 Å². The largest absolute Gasteiger partial charge is 0.507 e. The number of carboxylic acid groups (broad SMARTS) is 1. The second-order valence-electron chi connectivity index (χ2n) is 6.34. The lowest BCUT2D eigenvalue weighted by Gasteiger charge is -2.33. The molecule has 0 aromatic heterocycles. The van der Waals surface area contributed by atoms with Gasteiger partial charge in [-0.05, 0) is 30.3 Å².